The van der Waals surface area contributed by atoms with Crippen LogP contribution in [0.3, 0.4) is 0 Å². The van der Waals surface area contributed by atoms with Crippen molar-refractivity contribution in [1.29, 1.82) is 0 Å². The van der Waals surface area contributed by atoms with Gasteiger partial charge in [0, 0.05) is 32.3 Å². The van der Waals surface area contributed by atoms with Crippen molar-refractivity contribution in [2.75, 3.05) is 4.90 Å². The van der Waals surface area contributed by atoms with Gasteiger partial charge in [-0.15, -0.1) is 0 Å². The number of fused-ring (bicyclic) bond motifs is 3. The van der Waals surface area contributed by atoms with E-state index in [9.17, 15) is 0 Å². The van der Waals surface area contributed by atoms with Crippen LogP contribution in [0.1, 0.15) is 94.9 Å². The zero-order chi connectivity index (χ0) is 33.8. The highest BCUT2D eigenvalue weighted by atomic mass is 32.2. The highest BCUT2D eigenvalue weighted by molar-refractivity contribution is 7.99. The van der Waals surface area contributed by atoms with E-state index in [0.29, 0.717) is 0 Å². The molecule has 0 radical (unpaired) electrons. The lowest BCUT2D eigenvalue weighted by Crippen LogP contribution is -2.57. The van der Waals surface area contributed by atoms with E-state index < -0.39 is 0 Å². The summed E-state index contributed by atoms with van der Waals surface area (Å²) in [6.45, 7) is 9.69. The standard InChI is InChI=1S/C48H49NS/c1-46(2)23-24-47(3,4)43-30-38(21-22-40(43)46)49(36-11-6-5-7-12-36)37-19-17-33(18-20-37)39-13-10-15-42-45(39)50-44-16-9-8-14-41(44)48(42)34-26-31-25-32(28-34)29-35(48)27-31/h5-22,30-32,34-35H,23-29H2,1-4H3. The molecule has 1 nitrogen and oxygen atoms in total. The van der Waals surface area contributed by atoms with Gasteiger partial charge in [0.05, 0.1) is 0 Å². The SMILES string of the molecule is CC1(C)CCC(C)(C)c2cc(N(c3ccccc3)c3ccc(-c4cccc5c4Sc4ccccc4C54C5CC6CC(C5)CC4C6)cc3)ccc21. The average molecular weight is 672 g/mol. The number of para-hydroxylation sites is 1. The second-order valence-corrected chi connectivity index (χ2v) is 18.7. The quantitative estimate of drug-likeness (QED) is 0.187. The van der Waals surface area contributed by atoms with E-state index in [2.05, 4.69) is 148 Å². The van der Waals surface area contributed by atoms with Gasteiger partial charge in [0.15, 0.2) is 0 Å². The summed E-state index contributed by atoms with van der Waals surface area (Å²) in [6.07, 6.45) is 9.58. The molecule has 0 N–H and O–H groups in total. The van der Waals surface area contributed by atoms with Crippen LogP contribution >= 0.6 is 11.8 Å². The number of hydrogen-bond acceptors (Lipinski definition) is 2. The molecular formula is C48H49NS. The Bertz CT molecular complexity index is 2080. The van der Waals surface area contributed by atoms with Crippen LogP contribution in [0.15, 0.2) is 125 Å². The fourth-order valence-corrected chi connectivity index (χ4v) is 13.0. The molecule has 0 amide bonds. The molecule has 4 saturated carbocycles. The normalized spacial score (nSPS) is 27.8. The number of benzene rings is 5. The molecule has 1 heterocycles. The molecule has 5 aliphatic carbocycles. The van der Waals surface area contributed by atoms with Crippen molar-refractivity contribution in [3.63, 3.8) is 0 Å². The fraction of sp³-hybridized carbons (Fsp3) is 0.375. The summed E-state index contributed by atoms with van der Waals surface area (Å²) in [5.74, 6) is 3.43. The van der Waals surface area contributed by atoms with Crippen molar-refractivity contribution in [2.45, 2.75) is 98.7 Å². The van der Waals surface area contributed by atoms with Crippen LogP contribution in [-0.2, 0) is 16.2 Å². The Morgan fingerprint density at radius 1 is 0.520 bits per heavy atom. The van der Waals surface area contributed by atoms with Gasteiger partial charge in [-0.05, 0) is 155 Å². The molecule has 0 atom stereocenters. The van der Waals surface area contributed by atoms with E-state index in [-0.39, 0.29) is 16.2 Å². The summed E-state index contributed by atoms with van der Waals surface area (Å²) in [6, 6.07) is 44.4. The summed E-state index contributed by atoms with van der Waals surface area (Å²) in [4.78, 5) is 5.45. The van der Waals surface area contributed by atoms with Crippen LogP contribution in [0.2, 0.25) is 0 Å². The number of hydrogen-bond donors (Lipinski definition) is 0. The van der Waals surface area contributed by atoms with E-state index in [1.165, 1.54) is 94.1 Å². The Hall–Kier alpha value is -3.75. The highest BCUT2D eigenvalue weighted by Gasteiger charge is 2.60. The topological polar surface area (TPSA) is 3.24 Å². The number of rotatable bonds is 4. The first-order valence-corrected chi connectivity index (χ1v) is 20.1. The Balaban J connectivity index is 1.08. The minimum atomic E-state index is 0.157. The van der Waals surface area contributed by atoms with Gasteiger partial charge in [-0.25, -0.2) is 0 Å². The van der Waals surface area contributed by atoms with Gasteiger partial charge in [0.2, 0.25) is 0 Å². The largest absolute Gasteiger partial charge is 0.310 e. The third-order valence-electron chi connectivity index (χ3n) is 14.0. The van der Waals surface area contributed by atoms with Crippen molar-refractivity contribution in [3.8, 4) is 11.1 Å². The number of anilines is 3. The monoisotopic (exact) mass is 671 g/mol. The molecule has 50 heavy (non-hydrogen) atoms. The lowest BCUT2D eigenvalue weighted by atomic mass is 9.42. The maximum Gasteiger partial charge on any atom is 0.0464 e. The summed E-state index contributed by atoms with van der Waals surface area (Å²) in [5, 5.41) is 0. The van der Waals surface area contributed by atoms with Crippen LogP contribution < -0.4 is 4.90 Å². The van der Waals surface area contributed by atoms with Crippen molar-refractivity contribution in [3.05, 3.63) is 138 Å². The second-order valence-electron chi connectivity index (χ2n) is 17.7. The molecule has 4 bridgehead atoms. The van der Waals surface area contributed by atoms with Gasteiger partial charge >= 0.3 is 0 Å². The Morgan fingerprint density at radius 2 is 1.12 bits per heavy atom. The van der Waals surface area contributed by atoms with Gasteiger partial charge in [-0.3, -0.25) is 0 Å². The van der Waals surface area contributed by atoms with Gasteiger partial charge in [0.25, 0.3) is 0 Å². The van der Waals surface area contributed by atoms with Crippen LogP contribution in [0.25, 0.3) is 11.1 Å². The molecule has 1 aliphatic heterocycles. The molecule has 5 aromatic rings. The van der Waals surface area contributed by atoms with E-state index in [1.54, 1.807) is 11.1 Å². The highest BCUT2D eigenvalue weighted by Crippen LogP contribution is 2.69. The molecule has 2 heteroatoms. The molecular weight excluding hydrogens is 623 g/mol. The lowest BCUT2D eigenvalue weighted by molar-refractivity contribution is -0.0443. The van der Waals surface area contributed by atoms with E-state index in [1.807, 2.05) is 11.8 Å². The third-order valence-corrected chi connectivity index (χ3v) is 15.2. The summed E-state index contributed by atoms with van der Waals surface area (Å²) < 4.78 is 0. The van der Waals surface area contributed by atoms with Gasteiger partial charge in [-0.2, -0.15) is 0 Å². The number of nitrogens with zero attached hydrogens (tertiary/aromatic N) is 1. The predicted octanol–water partition coefficient (Wildman–Crippen LogP) is 13.4. The Kier molecular flexibility index (Phi) is 6.90. The minimum Gasteiger partial charge on any atom is -0.310 e. The van der Waals surface area contributed by atoms with E-state index in [4.69, 9.17) is 0 Å². The van der Waals surface area contributed by atoms with Crippen molar-refractivity contribution in [1.82, 2.24) is 0 Å². The van der Waals surface area contributed by atoms with Crippen LogP contribution in [0, 0.1) is 23.7 Å². The lowest BCUT2D eigenvalue weighted by Gasteiger charge is -2.63. The van der Waals surface area contributed by atoms with Gasteiger partial charge in [0.1, 0.15) is 0 Å². The third kappa shape index (κ3) is 4.52. The second kappa shape index (κ2) is 11.1. The molecule has 0 saturated heterocycles. The van der Waals surface area contributed by atoms with Gasteiger partial charge in [-0.1, -0.05) is 112 Å². The molecule has 6 aliphatic rings. The fourth-order valence-electron chi connectivity index (χ4n) is 11.7. The predicted molar refractivity (Wildman–Crippen MR) is 210 cm³/mol. The first-order valence-electron chi connectivity index (χ1n) is 19.2. The molecule has 1 spiro atoms. The van der Waals surface area contributed by atoms with Crippen molar-refractivity contribution >= 4 is 28.8 Å². The molecule has 0 aromatic heterocycles. The van der Waals surface area contributed by atoms with Crippen molar-refractivity contribution < 1.29 is 0 Å². The van der Waals surface area contributed by atoms with E-state index in [0.717, 1.165) is 23.7 Å². The molecule has 5 aromatic carbocycles. The first kappa shape index (κ1) is 31.0. The van der Waals surface area contributed by atoms with Crippen LogP contribution in [0.5, 0.6) is 0 Å². The van der Waals surface area contributed by atoms with Crippen molar-refractivity contribution in [2.24, 2.45) is 23.7 Å². The Morgan fingerprint density at radius 3 is 1.84 bits per heavy atom. The zero-order valence-corrected chi connectivity index (χ0v) is 30.9. The Labute approximate surface area is 303 Å². The zero-order valence-electron chi connectivity index (χ0n) is 30.1. The van der Waals surface area contributed by atoms with Crippen LogP contribution in [0.4, 0.5) is 17.1 Å². The van der Waals surface area contributed by atoms with E-state index >= 15 is 0 Å². The minimum absolute atomic E-state index is 0.157. The van der Waals surface area contributed by atoms with Crippen LogP contribution in [-0.4, -0.2) is 0 Å². The summed E-state index contributed by atoms with van der Waals surface area (Å²) in [7, 11) is 0. The molecule has 4 fully saturated rings. The molecule has 0 unspecified atom stereocenters. The summed E-state index contributed by atoms with van der Waals surface area (Å²) in [5.41, 5.74) is 13.1. The maximum absolute atomic E-state index is 2.52. The molecule has 11 rings (SSSR count). The molecule has 252 valence electrons. The smallest absolute Gasteiger partial charge is 0.0464 e. The first-order chi connectivity index (χ1) is 24.2. The summed E-state index contributed by atoms with van der Waals surface area (Å²) >= 11 is 2.03. The average Bonchev–Trinajstić information content (AvgIpc) is 3.12. The van der Waals surface area contributed by atoms with Gasteiger partial charge < -0.3 is 4.90 Å². The maximum atomic E-state index is 2.52.